The Morgan fingerprint density at radius 3 is 2.61 bits per heavy atom. The second-order valence-corrected chi connectivity index (χ2v) is 6.91. The van der Waals surface area contributed by atoms with E-state index in [1.165, 1.54) is 38.8 Å². The lowest BCUT2D eigenvalue weighted by Gasteiger charge is -2.35. The van der Waals surface area contributed by atoms with Gasteiger partial charge >= 0.3 is 0 Å². The molecule has 2 N–H and O–H groups in total. The van der Waals surface area contributed by atoms with E-state index in [-0.39, 0.29) is 0 Å². The number of rotatable bonds is 7. The Labute approximate surface area is 114 Å². The van der Waals surface area contributed by atoms with Crippen LogP contribution in [0.25, 0.3) is 0 Å². The molecule has 0 saturated carbocycles. The lowest BCUT2D eigenvalue weighted by Crippen LogP contribution is -2.43. The average Bonchev–Trinajstić information content (AvgIpc) is 2.28. The minimum Gasteiger partial charge on any atom is -0.327 e. The zero-order valence-electron chi connectivity index (χ0n) is 13.0. The van der Waals surface area contributed by atoms with Crippen LogP contribution in [-0.2, 0) is 0 Å². The fraction of sp³-hybridized carbons (Fsp3) is 1.00. The highest BCUT2D eigenvalue weighted by Crippen LogP contribution is 2.24. The van der Waals surface area contributed by atoms with Gasteiger partial charge < -0.3 is 10.6 Å². The van der Waals surface area contributed by atoms with Crippen LogP contribution in [0.5, 0.6) is 0 Å². The van der Waals surface area contributed by atoms with Crippen LogP contribution in [0.1, 0.15) is 59.8 Å². The Morgan fingerprint density at radius 2 is 2.00 bits per heavy atom. The first-order valence-corrected chi connectivity index (χ1v) is 7.99. The van der Waals surface area contributed by atoms with E-state index in [1.807, 2.05) is 0 Å². The van der Waals surface area contributed by atoms with E-state index < -0.39 is 0 Å². The van der Waals surface area contributed by atoms with Gasteiger partial charge in [0.2, 0.25) is 0 Å². The van der Waals surface area contributed by atoms with Crippen molar-refractivity contribution in [3.8, 4) is 0 Å². The number of hydrogen-bond donors (Lipinski definition) is 1. The standard InChI is InChI=1S/C16H34N2/c1-5-14(4)10-15-7-6-8-18(11-15)12-16(17)9-13(2)3/h13-16H,5-12,17H2,1-4H3. The summed E-state index contributed by atoms with van der Waals surface area (Å²) in [5.74, 6) is 2.53. The molecule has 1 aliphatic rings. The number of piperidine rings is 1. The highest BCUT2D eigenvalue weighted by atomic mass is 15.1. The lowest BCUT2D eigenvalue weighted by atomic mass is 9.87. The van der Waals surface area contributed by atoms with Crippen LogP contribution in [0.4, 0.5) is 0 Å². The molecule has 0 aromatic heterocycles. The molecule has 0 amide bonds. The molecule has 1 rings (SSSR count). The summed E-state index contributed by atoms with van der Waals surface area (Å²) >= 11 is 0. The first-order chi connectivity index (χ1) is 8.51. The van der Waals surface area contributed by atoms with Gasteiger partial charge in [-0.15, -0.1) is 0 Å². The topological polar surface area (TPSA) is 29.3 Å². The number of hydrogen-bond acceptors (Lipinski definition) is 2. The van der Waals surface area contributed by atoms with Gasteiger partial charge in [0.1, 0.15) is 0 Å². The molecule has 0 radical (unpaired) electrons. The van der Waals surface area contributed by atoms with Gasteiger partial charge in [0.15, 0.2) is 0 Å². The first kappa shape index (κ1) is 16.0. The maximum atomic E-state index is 6.24. The number of likely N-dealkylation sites (tertiary alicyclic amines) is 1. The van der Waals surface area contributed by atoms with Crippen molar-refractivity contribution in [2.75, 3.05) is 19.6 Å². The SMILES string of the molecule is CCC(C)CC1CCCN(CC(N)CC(C)C)C1. The minimum absolute atomic E-state index is 0.368. The number of nitrogens with two attached hydrogens (primary N) is 1. The molecule has 0 aromatic carbocycles. The molecule has 0 bridgehead atoms. The molecular formula is C16H34N2. The summed E-state index contributed by atoms with van der Waals surface area (Å²) in [7, 11) is 0. The molecule has 1 heterocycles. The molecule has 1 aliphatic heterocycles. The van der Waals surface area contributed by atoms with Gasteiger partial charge in [-0.3, -0.25) is 0 Å². The molecule has 1 saturated heterocycles. The van der Waals surface area contributed by atoms with Crippen LogP contribution < -0.4 is 5.73 Å². The molecule has 18 heavy (non-hydrogen) atoms. The maximum absolute atomic E-state index is 6.24. The summed E-state index contributed by atoms with van der Waals surface area (Å²) < 4.78 is 0. The molecule has 0 aromatic rings. The largest absolute Gasteiger partial charge is 0.327 e. The molecule has 2 heteroatoms. The zero-order chi connectivity index (χ0) is 13.5. The fourth-order valence-corrected chi connectivity index (χ4v) is 3.26. The summed E-state index contributed by atoms with van der Waals surface area (Å²) in [6.07, 6.45) is 6.69. The highest BCUT2D eigenvalue weighted by Gasteiger charge is 2.22. The average molecular weight is 254 g/mol. The summed E-state index contributed by atoms with van der Waals surface area (Å²) in [4.78, 5) is 2.61. The van der Waals surface area contributed by atoms with Crippen molar-refractivity contribution in [3.05, 3.63) is 0 Å². The van der Waals surface area contributed by atoms with E-state index in [1.54, 1.807) is 0 Å². The van der Waals surface area contributed by atoms with Crippen LogP contribution in [0.2, 0.25) is 0 Å². The Balaban J connectivity index is 2.30. The van der Waals surface area contributed by atoms with Crippen molar-refractivity contribution >= 4 is 0 Å². The van der Waals surface area contributed by atoms with Crippen molar-refractivity contribution in [1.82, 2.24) is 4.90 Å². The summed E-state index contributed by atoms with van der Waals surface area (Å²) in [5.41, 5.74) is 6.24. The number of nitrogens with zero attached hydrogens (tertiary/aromatic N) is 1. The Morgan fingerprint density at radius 1 is 1.28 bits per heavy atom. The first-order valence-electron chi connectivity index (χ1n) is 7.99. The molecule has 1 fully saturated rings. The third kappa shape index (κ3) is 6.19. The smallest absolute Gasteiger partial charge is 0.0170 e. The van der Waals surface area contributed by atoms with Crippen molar-refractivity contribution in [2.45, 2.75) is 65.8 Å². The van der Waals surface area contributed by atoms with Gasteiger partial charge in [0.25, 0.3) is 0 Å². The van der Waals surface area contributed by atoms with Gasteiger partial charge in [-0.2, -0.15) is 0 Å². The third-order valence-corrected chi connectivity index (χ3v) is 4.30. The van der Waals surface area contributed by atoms with Crippen LogP contribution >= 0.6 is 0 Å². The van der Waals surface area contributed by atoms with Crippen LogP contribution in [0.3, 0.4) is 0 Å². The van der Waals surface area contributed by atoms with E-state index >= 15 is 0 Å². The molecule has 3 atom stereocenters. The monoisotopic (exact) mass is 254 g/mol. The van der Waals surface area contributed by atoms with E-state index in [0.717, 1.165) is 30.7 Å². The highest BCUT2D eigenvalue weighted by molar-refractivity contribution is 4.78. The second kappa shape index (κ2) is 8.16. The van der Waals surface area contributed by atoms with Crippen molar-refractivity contribution in [2.24, 2.45) is 23.5 Å². The predicted octanol–water partition coefficient (Wildman–Crippen LogP) is 3.51. The molecule has 108 valence electrons. The molecule has 0 spiro atoms. The maximum Gasteiger partial charge on any atom is 0.0170 e. The normalized spacial score (nSPS) is 25.3. The summed E-state index contributed by atoms with van der Waals surface area (Å²) in [6, 6.07) is 0.368. The van der Waals surface area contributed by atoms with Gasteiger partial charge in [-0.05, 0) is 50.0 Å². The van der Waals surface area contributed by atoms with E-state index in [2.05, 4.69) is 32.6 Å². The van der Waals surface area contributed by atoms with Crippen molar-refractivity contribution < 1.29 is 0 Å². The molecule has 2 nitrogen and oxygen atoms in total. The second-order valence-electron chi connectivity index (χ2n) is 6.91. The van der Waals surface area contributed by atoms with Crippen LogP contribution in [-0.4, -0.2) is 30.6 Å². The van der Waals surface area contributed by atoms with Gasteiger partial charge in [-0.1, -0.05) is 34.1 Å². The van der Waals surface area contributed by atoms with Gasteiger partial charge in [0, 0.05) is 19.1 Å². The Hall–Kier alpha value is -0.0800. The van der Waals surface area contributed by atoms with E-state index in [0.29, 0.717) is 6.04 Å². The zero-order valence-corrected chi connectivity index (χ0v) is 13.0. The lowest BCUT2D eigenvalue weighted by molar-refractivity contribution is 0.146. The minimum atomic E-state index is 0.368. The quantitative estimate of drug-likeness (QED) is 0.753. The Bertz CT molecular complexity index is 215. The summed E-state index contributed by atoms with van der Waals surface area (Å²) in [5, 5.41) is 0. The predicted molar refractivity (Wildman–Crippen MR) is 80.7 cm³/mol. The fourth-order valence-electron chi connectivity index (χ4n) is 3.26. The molecule has 3 unspecified atom stereocenters. The molecular weight excluding hydrogens is 220 g/mol. The van der Waals surface area contributed by atoms with Crippen LogP contribution in [0.15, 0.2) is 0 Å². The van der Waals surface area contributed by atoms with Gasteiger partial charge in [-0.25, -0.2) is 0 Å². The van der Waals surface area contributed by atoms with Crippen molar-refractivity contribution in [1.29, 1.82) is 0 Å². The summed E-state index contributed by atoms with van der Waals surface area (Å²) in [6.45, 7) is 12.9. The molecule has 0 aliphatic carbocycles. The van der Waals surface area contributed by atoms with Crippen molar-refractivity contribution in [3.63, 3.8) is 0 Å². The van der Waals surface area contributed by atoms with E-state index in [4.69, 9.17) is 5.73 Å². The van der Waals surface area contributed by atoms with Crippen LogP contribution in [0, 0.1) is 17.8 Å². The third-order valence-electron chi connectivity index (χ3n) is 4.30. The van der Waals surface area contributed by atoms with E-state index in [9.17, 15) is 0 Å². The van der Waals surface area contributed by atoms with Gasteiger partial charge in [0.05, 0.1) is 0 Å². The Kier molecular flexibility index (Phi) is 7.25.